The van der Waals surface area contributed by atoms with E-state index in [1.165, 1.54) is 11.8 Å². The number of hydrogen-bond acceptors (Lipinski definition) is 5. The summed E-state index contributed by atoms with van der Waals surface area (Å²) in [5.41, 5.74) is 1.44. The van der Waals surface area contributed by atoms with Gasteiger partial charge in [0.1, 0.15) is 0 Å². The van der Waals surface area contributed by atoms with Gasteiger partial charge in [-0.25, -0.2) is 0 Å². The zero-order valence-corrected chi connectivity index (χ0v) is 15.4. The molecule has 1 aromatic carbocycles. The van der Waals surface area contributed by atoms with E-state index < -0.39 is 0 Å². The lowest BCUT2D eigenvalue weighted by molar-refractivity contribution is -0.115. The Morgan fingerprint density at radius 2 is 2.04 bits per heavy atom. The maximum atomic E-state index is 12.3. The highest BCUT2D eigenvalue weighted by molar-refractivity contribution is 8.00. The van der Waals surface area contributed by atoms with E-state index in [0.29, 0.717) is 21.8 Å². The summed E-state index contributed by atoms with van der Waals surface area (Å²) in [4.78, 5) is 12.3. The average Bonchev–Trinajstić information content (AvgIpc) is 2.91. The lowest BCUT2D eigenvalue weighted by atomic mass is 9.97. The number of anilines is 1. The number of hydrogen-bond donors (Lipinski definition) is 1. The van der Waals surface area contributed by atoms with E-state index in [9.17, 15) is 4.79 Å². The molecule has 1 heterocycles. The van der Waals surface area contributed by atoms with Crippen molar-refractivity contribution in [3.8, 4) is 0 Å². The number of thioether (sulfide) groups is 1. The van der Waals surface area contributed by atoms with Crippen LogP contribution in [0.25, 0.3) is 0 Å². The quantitative estimate of drug-likeness (QED) is 0.822. The van der Waals surface area contributed by atoms with Crippen molar-refractivity contribution in [3.63, 3.8) is 0 Å². The van der Waals surface area contributed by atoms with Crippen molar-refractivity contribution < 1.29 is 9.21 Å². The highest BCUT2D eigenvalue weighted by atomic mass is 35.5. The normalized spacial score (nSPS) is 13.0. The number of halogens is 1. The Balaban J connectivity index is 2.03. The van der Waals surface area contributed by atoms with Gasteiger partial charge in [-0.1, -0.05) is 50.2 Å². The topological polar surface area (TPSA) is 68.0 Å². The average molecular weight is 354 g/mol. The summed E-state index contributed by atoms with van der Waals surface area (Å²) in [5.74, 6) is 0.411. The zero-order valence-electron chi connectivity index (χ0n) is 13.8. The molecule has 0 saturated carbocycles. The SMILES string of the molecule is Cc1ccc(Cl)cc1NC(=O)C(C)Sc1nnc(C(C)(C)C)o1. The van der Waals surface area contributed by atoms with Crippen molar-refractivity contribution in [2.24, 2.45) is 0 Å². The van der Waals surface area contributed by atoms with Crippen LogP contribution in [0.1, 0.15) is 39.1 Å². The van der Waals surface area contributed by atoms with E-state index in [1.807, 2.05) is 33.8 Å². The maximum absolute atomic E-state index is 12.3. The van der Waals surface area contributed by atoms with Crippen LogP contribution in [0.3, 0.4) is 0 Å². The van der Waals surface area contributed by atoms with Crippen LogP contribution < -0.4 is 5.32 Å². The van der Waals surface area contributed by atoms with Gasteiger partial charge in [-0.3, -0.25) is 4.79 Å². The summed E-state index contributed by atoms with van der Waals surface area (Å²) in [6.07, 6.45) is 0. The van der Waals surface area contributed by atoms with Gasteiger partial charge in [0.25, 0.3) is 5.22 Å². The number of aryl methyl sites for hydroxylation is 1. The van der Waals surface area contributed by atoms with Gasteiger partial charge in [-0.2, -0.15) is 0 Å². The van der Waals surface area contributed by atoms with Gasteiger partial charge < -0.3 is 9.73 Å². The van der Waals surface area contributed by atoms with Crippen LogP contribution in [0.15, 0.2) is 27.8 Å². The lowest BCUT2D eigenvalue weighted by Crippen LogP contribution is -2.22. The predicted octanol–water partition coefficient (Wildman–Crippen LogP) is 4.45. The molecule has 124 valence electrons. The summed E-state index contributed by atoms with van der Waals surface area (Å²) in [7, 11) is 0. The van der Waals surface area contributed by atoms with Gasteiger partial charge in [0.2, 0.25) is 11.8 Å². The molecule has 0 aliphatic rings. The summed E-state index contributed by atoms with van der Waals surface area (Å²) >= 11 is 7.20. The number of rotatable bonds is 4. The monoisotopic (exact) mass is 353 g/mol. The van der Waals surface area contributed by atoms with E-state index in [2.05, 4.69) is 15.5 Å². The first-order chi connectivity index (χ1) is 10.7. The third-order valence-corrected chi connectivity index (χ3v) is 4.32. The Morgan fingerprint density at radius 1 is 1.35 bits per heavy atom. The molecule has 1 N–H and O–H groups in total. The molecule has 2 rings (SSSR count). The number of carbonyl (C=O) groups excluding carboxylic acids is 1. The van der Waals surface area contributed by atoms with E-state index in [0.717, 1.165) is 5.56 Å². The Bertz CT molecular complexity index is 710. The fourth-order valence-electron chi connectivity index (χ4n) is 1.73. The van der Waals surface area contributed by atoms with E-state index >= 15 is 0 Å². The molecule has 5 nitrogen and oxygen atoms in total. The molecule has 0 aliphatic heterocycles. The molecule has 2 aromatic rings. The molecule has 0 radical (unpaired) electrons. The van der Waals surface area contributed by atoms with Crippen LogP contribution >= 0.6 is 23.4 Å². The molecule has 1 atom stereocenters. The molecule has 1 aromatic heterocycles. The second kappa shape index (κ2) is 6.93. The number of nitrogens with one attached hydrogen (secondary N) is 1. The molecular weight excluding hydrogens is 334 g/mol. The number of aromatic nitrogens is 2. The summed E-state index contributed by atoms with van der Waals surface area (Å²) in [6, 6.07) is 5.39. The molecule has 1 unspecified atom stereocenters. The Labute approximate surface area is 145 Å². The molecule has 0 bridgehead atoms. The van der Waals surface area contributed by atoms with Crippen molar-refractivity contribution in [3.05, 3.63) is 34.7 Å². The number of amides is 1. The number of benzene rings is 1. The molecular formula is C16H20ClN3O2S. The Morgan fingerprint density at radius 3 is 2.65 bits per heavy atom. The van der Waals surface area contributed by atoms with Crippen LogP contribution in [0.4, 0.5) is 5.69 Å². The summed E-state index contributed by atoms with van der Waals surface area (Å²) in [6.45, 7) is 9.69. The fraction of sp³-hybridized carbons (Fsp3) is 0.438. The third-order valence-electron chi connectivity index (χ3n) is 3.15. The van der Waals surface area contributed by atoms with Gasteiger partial charge >= 0.3 is 0 Å². The molecule has 0 spiro atoms. The highest BCUT2D eigenvalue weighted by Gasteiger charge is 2.24. The first kappa shape index (κ1) is 17.8. The van der Waals surface area contributed by atoms with Gasteiger partial charge in [0, 0.05) is 16.1 Å². The Hall–Kier alpha value is -1.53. The van der Waals surface area contributed by atoms with Gasteiger partial charge in [0.15, 0.2) is 0 Å². The van der Waals surface area contributed by atoms with Gasteiger partial charge in [0.05, 0.1) is 5.25 Å². The van der Waals surface area contributed by atoms with E-state index in [-0.39, 0.29) is 16.6 Å². The minimum atomic E-state index is -0.373. The molecule has 0 fully saturated rings. The molecule has 23 heavy (non-hydrogen) atoms. The zero-order chi connectivity index (χ0) is 17.2. The van der Waals surface area contributed by atoms with Crippen molar-refractivity contribution >= 4 is 35.0 Å². The smallest absolute Gasteiger partial charge is 0.277 e. The van der Waals surface area contributed by atoms with Crippen LogP contribution in [0.2, 0.25) is 5.02 Å². The van der Waals surface area contributed by atoms with Crippen LogP contribution in [0, 0.1) is 6.92 Å². The van der Waals surface area contributed by atoms with E-state index in [4.69, 9.17) is 16.0 Å². The predicted molar refractivity (Wildman–Crippen MR) is 93.1 cm³/mol. The number of nitrogens with zero attached hydrogens (tertiary/aromatic N) is 2. The Kier molecular flexibility index (Phi) is 5.37. The summed E-state index contributed by atoms with van der Waals surface area (Å²) in [5, 5.41) is 11.5. The molecule has 7 heteroatoms. The van der Waals surface area contributed by atoms with Crippen LogP contribution in [-0.2, 0) is 10.2 Å². The maximum Gasteiger partial charge on any atom is 0.277 e. The second-order valence-corrected chi connectivity index (χ2v) is 8.06. The minimum Gasteiger partial charge on any atom is -0.415 e. The van der Waals surface area contributed by atoms with Crippen molar-refractivity contribution in [1.82, 2.24) is 10.2 Å². The van der Waals surface area contributed by atoms with Crippen molar-refractivity contribution in [1.29, 1.82) is 0 Å². The number of carbonyl (C=O) groups is 1. The second-order valence-electron chi connectivity index (χ2n) is 6.33. The van der Waals surface area contributed by atoms with Crippen LogP contribution in [0.5, 0.6) is 0 Å². The van der Waals surface area contributed by atoms with Crippen LogP contribution in [-0.4, -0.2) is 21.4 Å². The summed E-state index contributed by atoms with van der Waals surface area (Å²) < 4.78 is 5.60. The largest absolute Gasteiger partial charge is 0.415 e. The van der Waals surface area contributed by atoms with Crippen molar-refractivity contribution in [2.45, 2.75) is 50.5 Å². The third kappa shape index (κ3) is 4.72. The molecule has 0 saturated heterocycles. The van der Waals surface area contributed by atoms with Gasteiger partial charge in [-0.05, 0) is 31.5 Å². The van der Waals surface area contributed by atoms with Crippen molar-refractivity contribution in [2.75, 3.05) is 5.32 Å². The van der Waals surface area contributed by atoms with Gasteiger partial charge in [-0.15, -0.1) is 10.2 Å². The standard InChI is InChI=1S/C16H20ClN3O2S/c1-9-6-7-11(17)8-12(9)18-13(21)10(2)23-15-20-19-14(22-15)16(3,4)5/h6-8,10H,1-5H3,(H,18,21). The first-order valence-corrected chi connectivity index (χ1v) is 8.50. The minimum absolute atomic E-state index is 0.143. The fourth-order valence-corrected chi connectivity index (χ4v) is 2.58. The first-order valence-electron chi connectivity index (χ1n) is 7.24. The molecule has 0 aliphatic carbocycles. The molecule has 1 amide bonds. The highest BCUT2D eigenvalue weighted by Crippen LogP contribution is 2.28. The lowest BCUT2D eigenvalue weighted by Gasteiger charge is -2.13. The van der Waals surface area contributed by atoms with E-state index in [1.54, 1.807) is 19.1 Å².